The van der Waals surface area contributed by atoms with Crippen molar-refractivity contribution in [2.24, 2.45) is 0 Å². The second-order valence-corrected chi connectivity index (χ2v) is 6.98. The highest BCUT2D eigenvalue weighted by molar-refractivity contribution is 7.99. The number of aryl methyl sites for hydroxylation is 1. The fraction of sp³-hybridized carbons (Fsp3) is 0.381. The Labute approximate surface area is 160 Å². The average Bonchev–Trinajstić information content (AvgIpc) is 2.64. The molecule has 0 radical (unpaired) electrons. The molecule has 0 unspecified atom stereocenters. The number of anilines is 1. The van der Waals surface area contributed by atoms with E-state index in [2.05, 4.69) is 5.32 Å². The second kappa shape index (κ2) is 11.5. The number of hydrogen-bond acceptors (Lipinski definition) is 4. The normalized spacial score (nSPS) is 10.4. The van der Waals surface area contributed by atoms with Gasteiger partial charge in [0.25, 0.3) is 0 Å². The number of unbranched alkanes of at least 4 members (excludes halogenated alkanes) is 1. The van der Waals surface area contributed by atoms with Crippen LogP contribution in [-0.4, -0.2) is 30.6 Å². The molecule has 26 heavy (non-hydrogen) atoms. The minimum atomic E-state index is 0.0234. The third-order valence-electron chi connectivity index (χ3n) is 3.72. The number of amides is 1. The summed E-state index contributed by atoms with van der Waals surface area (Å²) in [6.45, 7) is 5.35. The standard InChI is InChI=1S/C21H27NO3S/c1-3-24-19-12-10-18(11-13-19)22-21(23)16-26-15-7-6-14-25-20-9-5-4-8-17(20)2/h4-5,8-13H,3,6-7,14-16H2,1-2H3,(H,22,23). The van der Waals surface area contributed by atoms with Crippen molar-refractivity contribution < 1.29 is 14.3 Å². The Morgan fingerprint density at radius 3 is 2.54 bits per heavy atom. The van der Waals surface area contributed by atoms with Crippen LogP contribution in [0.2, 0.25) is 0 Å². The van der Waals surface area contributed by atoms with Gasteiger partial charge in [-0.2, -0.15) is 11.8 Å². The smallest absolute Gasteiger partial charge is 0.234 e. The summed E-state index contributed by atoms with van der Waals surface area (Å²) in [4.78, 5) is 11.9. The quantitative estimate of drug-likeness (QED) is 0.568. The SMILES string of the molecule is CCOc1ccc(NC(=O)CSCCCCOc2ccccc2C)cc1. The molecule has 0 atom stereocenters. The molecule has 0 aliphatic heterocycles. The first kappa shape index (κ1) is 20.2. The van der Waals surface area contributed by atoms with Crippen molar-refractivity contribution in [1.82, 2.24) is 0 Å². The lowest BCUT2D eigenvalue weighted by Gasteiger charge is -2.09. The molecule has 0 bridgehead atoms. The van der Waals surface area contributed by atoms with Crippen molar-refractivity contribution in [3.8, 4) is 11.5 Å². The summed E-state index contributed by atoms with van der Waals surface area (Å²) in [7, 11) is 0. The molecule has 0 heterocycles. The zero-order valence-corrected chi connectivity index (χ0v) is 16.3. The highest BCUT2D eigenvalue weighted by atomic mass is 32.2. The largest absolute Gasteiger partial charge is 0.494 e. The highest BCUT2D eigenvalue weighted by Crippen LogP contribution is 2.17. The van der Waals surface area contributed by atoms with Gasteiger partial charge in [-0.15, -0.1) is 0 Å². The molecule has 0 fully saturated rings. The lowest BCUT2D eigenvalue weighted by atomic mass is 10.2. The first-order chi connectivity index (χ1) is 12.7. The molecular formula is C21H27NO3S. The minimum Gasteiger partial charge on any atom is -0.494 e. The summed E-state index contributed by atoms with van der Waals surface area (Å²) < 4.78 is 11.2. The fourth-order valence-electron chi connectivity index (χ4n) is 2.37. The lowest BCUT2D eigenvalue weighted by molar-refractivity contribution is -0.113. The van der Waals surface area contributed by atoms with Gasteiger partial charge in [-0.25, -0.2) is 0 Å². The Hall–Kier alpha value is -2.14. The number of rotatable bonds is 11. The molecule has 0 aliphatic carbocycles. The van der Waals surface area contributed by atoms with E-state index < -0.39 is 0 Å². The Bertz CT molecular complexity index is 673. The first-order valence-corrected chi connectivity index (χ1v) is 10.1. The van der Waals surface area contributed by atoms with Gasteiger partial charge in [-0.1, -0.05) is 18.2 Å². The maximum absolute atomic E-state index is 11.9. The lowest BCUT2D eigenvalue weighted by Crippen LogP contribution is -2.14. The number of ether oxygens (including phenoxy) is 2. The molecular weight excluding hydrogens is 346 g/mol. The van der Waals surface area contributed by atoms with Gasteiger partial charge in [-0.05, 0) is 68.3 Å². The van der Waals surface area contributed by atoms with E-state index in [1.165, 1.54) is 0 Å². The predicted octanol–water partition coefficient (Wildman–Crippen LogP) is 4.92. The van der Waals surface area contributed by atoms with E-state index in [-0.39, 0.29) is 5.91 Å². The number of para-hydroxylation sites is 1. The monoisotopic (exact) mass is 373 g/mol. The maximum atomic E-state index is 11.9. The Morgan fingerprint density at radius 2 is 1.81 bits per heavy atom. The van der Waals surface area contributed by atoms with Crippen molar-refractivity contribution >= 4 is 23.4 Å². The van der Waals surface area contributed by atoms with Crippen LogP contribution < -0.4 is 14.8 Å². The van der Waals surface area contributed by atoms with Gasteiger partial charge in [0.2, 0.25) is 5.91 Å². The molecule has 4 nitrogen and oxygen atoms in total. The third-order valence-corrected chi connectivity index (χ3v) is 4.76. The number of thioether (sulfide) groups is 1. The second-order valence-electron chi connectivity index (χ2n) is 5.88. The Balaban J connectivity index is 1.54. The van der Waals surface area contributed by atoms with E-state index in [9.17, 15) is 4.79 Å². The number of benzene rings is 2. The topological polar surface area (TPSA) is 47.6 Å². The van der Waals surface area contributed by atoms with E-state index in [1.807, 2.05) is 62.4 Å². The third kappa shape index (κ3) is 7.40. The van der Waals surface area contributed by atoms with E-state index >= 15 is 0 Å². The number of carbonyl (C=O) groups excluding carboxylic acids is 1. The number of hydrogen-bond donors (Lipinski definition) is 1. The van der Waals surface area contributed by atoms with Gasteiger partial charge in [0.15, 0.2) is 0 Å². The van der Waals surface area contributed by atoms with Gasteiger partial charge in [0.05, 0.1) is 19.0 Å². The summed E-state index contributed by atoms with van der Waals surface area (Å²) in [6.07, 6.45) is 2.02. The summed E-state index contributed by atoms with van der Waals surface area (Å²) in [5.74, 6) is 3.21. The zero-order valence-electron chi connectivity index (χ0n) is 15.5. The van der Waals surface area contributed by atoms with Gasteiger partial charge in [0.1, 0.15) is 11.5 Å². The van der Waals surface area contributed by atoms with Crippen molar-refractivity contribution in [3.63, 3.8) is 0 Å². The van der Waals surface area contributed by atoms with Crippen molar-refractivity contribution in [1.29, 1.82) is 0 Å². The number of nitrogens with one attached hydrogen (secondary N) is 1. The molecule has 0 spiro atoms. The van der Waals surface area contributed by atoms with Crippen molar-refractivity contribution in [2.75, 3.05) is 30.0 Å². The zero-order chi connectivity index (χ0) is 18.6. The van der Waals surface area contributed by atoms with Crippen LogP contribution in [0.3, 0.4) is 0 Å². The van der Waals surface area contributed by atoms with Gasteiger partial charge < -0.3 is 14.8 Å². The van der Waals surface area contributed by atoms with Crippen molar-refractivity contribution in [2.45, 2.75) is 26.7 Å². The summed E-state index contributed by atoms with van der Waals surface area (Å²) in [5.41, 5.74) is 1.96. The van der Waals surface area contributed by atoms with E-state index in [0.29, 0.717) is 19.0 Å². The van der Waals surface area contributed by atoms with E-state index in [1.54, 1.807) is 11.8 Å². The van der Waals surface area contributed by atoms with Crippen LogP contribution in [0.1, 0.15) is 25.3 Å². The summed E-state index contributed by atoms with van der Waals surface area (Å²) in [5, 5.41) is 2.90. The molecule has 140 valence electrons. The van der Waals surface area contributed by atoms with Crippen LogP contribution in [-0.2, 0) is 4.79 Å². The number of carbonyl (C=O) groups is 1. The van der Waals surface area contributed by atoms with Crippen LogP contribution in [0.4, 0.5) is 5.69 Å². The highest BCUT2D eigenvalue weighted by Gasteiger charge is 2.03. The molecule has 5 heteroatoms. The maximum Gasteiger partial charge on any atom is 0.234 e. The predicted molar refractivity (Wildman–Crippen MR) is 109 cm³/mol. The first-order valence-electron chi connectivity index (χ1n) is 8.98. The van der Waals surface area contributed by atoms with Gasteiger partial charge in [-0.3, -0.25) is 4.79 Å². The van der Waals surface area contributed by atoms with E-state index in [0.717, 1.165) is 41.3 Å². The summed E-state index contributed by atoms with van der Waals surface area (Å²) in [6, 6.07) is 15.5. The molecule has 2 aromatic rings. The molecule has 2 rings (SSSR count). The van der Waals surface area contributed by atoms with E-state index in [4.69, 9.17) is 9.47 Å². The molecule has 1 N–H and O–H groups in total. The van der Waals surface area contributed by atoms with Crippen LogP contribution >= 0.6 is 11.8 Å². The Kier molecular flexibility index (Phi) is 8.90. The Morgan fingerprint density at radius 1 is 1.04 bits per heavy atom. The molecule has 0 aromatic heterocycles. The van der Waals surface area contributed by atoms with Crippen molar-refractivity contribution in [3.05, 3.63) is 54.1 Å². The molecule has 1 amide bonds. The molecule has 0 aliphatic rings. The molecule has 0 saturated carbocycles. The van der Waals surface area contributed by atoms with Gasteiger partial charge >= 0.3 is 0 Å². The minimum absolute atomic E-state index is 0.0234. The van der Waals surface area contributed by atoms with Gasteiger partial charge in [0, 0.05) is 5.69 Å². The van der Waals surface area contributed by atoms with Crippen LogP contribution in [0.15, 0.2) is 48.5 Å². The fourth-order valence-corrected chi connectivity index (χ4v) is 3.18. The molecule has 0 saturated heterocycles. The average molecular weight is 374 g/mol. The molecule has 2 aromatic carbocycles. The van der Waals surface area contributed by atoms with Crippen LogP contribution in [0.5, 0.6) is 11.5 Å². The van der Waals surface area contributed by atoms with Crippen LogP contribution in [0.25, 0.3) is 0 Å². The van der Waals surface area contributed by atoms with Crippen LogP contribution in [0, 0.1) is 6.92 Å². The summed E-state index contributed by atoms with van der Waals surface area (Å²) >= 11 is 1.65.